The van der Waals surface area contributed by atoms with Crippen molar-refractivity contribution in [1.82, 2.24) is 5.32 Å². The van der Waals surface area contributed by atoms with Crippen molar-refractivity contribution < 1.29 is 14.2 Å². The molecule has 0 saturated heterocycles. The molecule has 0 spiro atoms. The molecule has 0 aliphatic heterocycles. The largest absolute Gasteiger partial charge is 0.379 e. The number of hydrogen-bond acceptors (Lipinski definition) is 4. The first-order valence-corrected chi connectivity index (χ1v) is 7.27. The van der Waals surface area contributed by atoms with Crippen LogP contribution in [-0.4, -0.2) is 52.2 Å². The fourth-order valence-corrected chi connectivity index (χ4v) is 1.41. The van der Waals surface area contributed by atoms with Crippen LogP contribution in [-0.2, 0) is 14.2 Å². The Morgan fingerprint density at radius 1 is 0.947 bits per heavy atom. The third-order valence-corrected chi connectivity index (χ3v) is 2.63. The van der Waals surface area contributed by atoms with Crippen molar-refractivity contribution >= 4 is 0 Å². The normalized spacial score (nSPS) is 12.3. The lowest BCUT2D eigenvalue weighted by atomic mass is 10.2. The molecular weight excluding hydrogens is 242 g/mol. The van der Waals surface area contributed by atoms with Gasteiger partial charge < -0.3 is 19.5 Å². The molecule has 112 valence electrons. The van der Waals surface area contributed by atoms with E-state index in [1.54, 1.807) is 0 Å². The summed E-state index contributed by atoms with van der Waals surface area (Å²) < 4.78 is 16.2. The summed E-state index contributed by atoms with van der Waals surface area (Å²) in [5.41, 5.74) is 0. The molecule has 0 amide bonds. The van der Waals surface area contributed by atoms with Crippen LogP contribution in [0.15, 0.2) is 0 Å². The molecule has 0 aromatic rings. The summed E-state index contributed by atoms with van der Waals surface area (Å²) in [7, 11) is 0. The predicted molar refractivity (Wildman–Crippen MR) is 78.3 cm³/mol. The number of hydrogen-bond donors (Lipinski definition) is 1. The molecule has 19 heavy (non-hydrogen) atoms. The van der Waals surface area contributed by atoms with Crippen molar-refractivity contribution in [2.24, 2.45) is 0 Å². The SMILES string of the molecule is C#CC(CC)NCCOCCOCCOCCCC. The number of unbranched alkanes of at least 4 members (excludes halogenated alkanes) is 1. The van der Waals surface area contributed by atoms with Gasteiger partial charge >= 0.3 is 0 Å². The van der Waals surface area contributed by atoms with Gasteiger partial charge in [-0.1, -0.05) is 26.2 Å². The van der Waals surface area contributed by atoms with Crippen LogP contribution in [0.5, 0.6) is 0 Å². The molecule has 4 nitrogen and oxygen atoms in total. The molecule has 0 saturated carbocycles. The van der Waals surface area contributed by atoms with Gasteiger partial charge in [0.05, 0.1) is 39.1 Å². The fraction of sp³-hybridized carbons (Fsp3) is 0.867. The minimum absolute atomic E-state index is 0.153. The van der Waals surface area contributed by atoms with Gasteiger partial charge in [-0.15, -0.1) is 6.42 Å². The molecule has 1 unspecified atom stereocenters. The van der Waals surface area contributed by atoms with Gasteiger partial charge in [0.1, 0.15) is 0 Å². The molecule has 0 aliphatic rings. The first-order chi connectivity index (χ1) is 9.35. The van der Waals surface area contributed by atoms with Crippen molar-refractivity contribution in [3.05, 3.63) is 0 Å². The van der Waals surface area contributed by atoms with E-state index in [4.69, 9.17) is 20.6 Å². The van der Waals surface area contributed by atoms with Crippen molar-refractivity contribution in [3.8, 4) is 12.3 Å². The Morgan fingerprint density at radius 2 is 1.53 bits per heavy atom. The molecular formula is C15H29NO3. The smallest absolute Gasteiger partial charge is 0.0701 e. The first-order valence-electron chi connectivity index (χ1n) is 7.27. The maximum Gasteiger partial charge on any atom is 0.0701 e. The van der Waals surface area contributed by atoms with E-state index in [-0.39, 0.29) is 6.04 Å². The Morgan fingerprint density at radius 3 is 2.05 bits per heavy atom. The second-order valence-electron chi connectivity index (χ2n) is 4.27. The van der Waals surface area contributed by atoms with Gasteiger partial charge in [-0.3, -0.25) is 0 Å². The zero-order valence-electron chi connectivity index (χ0n) is 12.5. The lowest BCUT2D eigenvalue weighted by Crippen LogP contribution is -2.30. The maximum atomic E-state index is 5.42. The highest BCUT2D eigenvalue weighted by atomic mass is 16.5. The Bertz CT molecular complexity index is 216. The highest BCUT2D eigenvalue weighted by Crippen LogP contribution is 1.88. The summed E-state index contributed by atoms with van der Waals surface area (Å²) in [6, 6.07) is 0.153. The lowest BCUT2D eigenvalue weighted by molar-refractivity contribution is 0.0145. The quantitative estimate of drug-likeness (QED) is 0.386. The number of terminal acetylenes is 1. The number of ether oxygens (including phenoxy) is 3. The van der Waals surface area contributed by atoms with Gasteiger partial charge in [0.2, 0.25) is 0 Å². The summed E-state index contributed by atoms with van der Waals surface area (Å²) in [6.45, 7) is 9.02. The molecule has 0 heterocycles. The van der Waals surface area contributed by atoms with Crippen LogP contribution in [0, 0.1) is 12.3 Å². The predicted octanol–water partition coefficient (Wildman–Crippen LogP) is 1.84. The van der Waals surface area contributed by atoms with E-state index in [0.29, 0.717) is 33.0 Å². The zero-order chi connectivity index (χ0) is 14.2. The van der Waals surface area contributed by atoms with Crippen LogP contribution in [0.2, 0.25) is 0 Å². The molecule has 1 N–H and O–H groups in total. The molecule has 1 atom stereocenters. The van der Waals surface area contributed by atoms with E-state index in [1.807, 2.05) is 0 Å². The van der Waals surface area contributed by atoms with Crippen molar-refractivity contribution in [1.29, 1.82) is 0 Å². The average molecular weight is 271 g/mol. The van der Waals surface area contributed by atoms with Crippen LogP contribution in [0.4, 0.5) is 0 Å². The van der Waals surface area contributed by atoms with Crippen LogP contribution in [0.3, 0.4) is 0 Å². The maximum absolute atomic E-state index is 5.42. The minimum Gasteiger partial charge on any atom is -0.379 e. The van der Waals surface area contributed by atoms with Crippen molar-refractivity contribution in [3.63, 3.8) is 0 Å². The Balaban J connectivity index is 3.05. The molecule has 0 aromatic carbocycles. The zero-order valence-corrected chi connectivity index (χ0v) is 12.5. The van der Waals surface area contributed by atoms with Crippen LogP contribution >= 0.6 is 0 Å². The highest BCUT2D eigenvalue weighted by Gasteiger charge is 1.98. The summed E-state index contributed by atoms with van der Waals surface area (Å²) in [6.07, 6.45) is 8.57. The van der Waals surface area contributed by atoms with Crippen molar-refractivity contribution in [2.75, 3.05) is 46.2 Å². The third-order valence-electron chi connectivity index (χ3n) is 2.63. The Kier molecular flexibility index (Phi) is 15.0. The summed E-state index contributed by atoms with van der Waals surface area (Å²) in [5.74, 6) is 2.69. The molecule has 0 bridgehead atoms. The second kappa shape index (κ2) is 15.5. The Hall–Kier alpha value is -0.600. The molecule has 0 fully saturated rings. The third kappa shape index (κ3) is 13.6. The van der Waals surface area contributed by atoms with Crippen LogP contribution < -0.4 is 5.32 Å². The fourth-order valence-electron chi connectivity index (χ4n) is 1.41. The van der Waals surface area contributed by atoms with Crippen molar-refractivity contribution in [2.45, 2.75) is 39.2 Å². The second-order valence-corrected chi connectivity index (χ2v) is 4.27. The van der Waals surface area contributed by atoms with E-state index in [9.17, 15) is 0 Å². The molecule has 0 radical (unpaired) electrons. The lowest BCUT2D eigenvalue weighted by Gasteiger charge is -2.10. The van der Waals surface area contributed by atoms with E-state index < -0.39 is 0 Å². The topological polar surface area (TPSA) is 39.7 Å². The summed E-state index contributed by atoms with van der Waals surface area (Å²) in [5, 5.41) is 3.23. The van der Waals surface area contributed by atoms with Gasteiger partial charge in [-0.25, -0.2) is 0 Å². The van der Waals surface area contributed by atoms with Crippen LogP contribution in [0.25, 0.3) is 0 Å². The molecule has 0 aromatic heterocycles. The van der Waals surface area contributed by atoms with E-state index in [2.05, 4.69) is 25.1 Å². The first kappa shape index (κ1) is 18.4. The number of rotatable bonds is 14. The standard InChI is InChI=1S/C15H29NO3/c1-4-7-9-17-11-13-19-14-12-18-10-8-16-15(5-2)6-3/h2,15-16H,4,6-14H2,1,3H3. The summed E-state index contributed by atoms with van der Waals surface area (Å²) in [4.78, 5) is 0. The summed E-state index contributed by atoms with van der Waals surface area (Å²) >= 11 is 0. The van der Waals surface area contributed by atoms with E-state index in [0.717, 1.165) is 26.0 Å². The molecule has 0 aliphatic carbocycles. The van der Waals surface area contributed by atoms with E-state index >= 15 is 0 Å². The Labute approximate surface area is 118 Å². The minimum atomic E-state index is 0.153. The highest BCUT2D eigenvalue weighted by molar-refractivity contribution is 4.97. The number of nitrogens with one attached hydrogen (secondary N) is 1. The van der Waals surface area contributed by atoms with Gasteiger partial charge in [0.25, 0.3) is 0 Å². The monoisotopic (exact) mass is 271 g/mol. The molecule has 0 rings (SSSR count). The van der Waals surface area contributed by atoms with Gasteiger partial charge in [-0.05, 0) is 12.8 Å². The van der Waals surface area contributed by atoms with Crippen LogP contribution in [0.1, 0.15) is 33.1 Å². The van der Waals surface area contributed by atoms with Gasteiger partial charge in [0, 0.05) is 13.2 Å². The molecule has 4 heteroatoms. The van der Waals surface area contributed by atoms with Gasteiger partial charge in [-0.2, -0.15) is 0 Å². The average Bonchev–Trinajstić information content (AvgIpc) is 2.44. The van der Waals surface area contributed by atoms with E-state index in [1.165, 1.54) is 6.42 Å². The van der Waals surface area contributed by atoms with Gasteiger partial charge in [0.15, 0.2) is 0 Å².